The summed E-state index contributed by atoms with van der Waals surface area (Å²) in [6, 6.07) is 8.33. The largest absolute Gasteiger partial charge is 0.324 e. The van der Waals surface area contributed by atoms with Crippen molar-refractivity contribution in [2.45, 2.75) is 19.4 Å². The SMILES string of the molecule is Cc1ncccc1C(N)Cc1ccc(F)c(Cl)c1. The minimum Gasteiger partial charge on any atom is -0.324 e. The molecule has 0 aliphatic carbocycles. The first-order valence-electron chi connectivity index (χ1n) is 5.69. The van der Waals surface area contributed by atoms with E-state index in [0.29, 0.717) is 6.42 Å². The smallest absolute Gasteiger partial charge is 0.141 e. The average Bonchev–Trinajstić information content (AvgIpc) is 2.34. The first-order valence-corrected chi connectivity index (χ1v) is 6.06. The Balaban J connectivity index is 2.19. The van der Waals surface area contributed by atoms with Crippen LogP contribution < -0.4 is 5.73 Å². The van der Waals surface area contributed by atoms with Crippen LogP contribution in [0.1, 0.15) is 22.9 Å². The summed E-state index contributed by atoms with van der Waals surface area (Å²) >= 11 is 5.75. The normalized spacial score (nSPS) is 12.4. The van der Waals surface area contributed by atoms with Gasteiger partial charge in [0.25, 0.3) is 0 Å². The Kier molecular flexibility index (Phi) is 3.94. The molecule has 1 atom stereocenters. The molecule has 0 aliphatic rings. The van der Waals surface area contributed by atoms with E-state index in [9.17, 15) is 4.39 Å². The van der Waals surface area contributed by atoms with Crippen LogP contribution in [0.2, 0.25) is 5.02 Å². The second-order valence-corrected chi connectivity index (χ2v) is 4.64. The lowest BCUT2D eigenvalue weighted by Crippen LogP contribution is -2.15. The molecular formula is C14H14ClFN2. The highest BCUT2D eigenvalue weighted by molar-refractivity contribution is 6.30. The van der Waals surface area contributed by atoms with Crippen molar-refractivity contribution >= 4 is 11.6 Å². The molecule has 1 heterocycles. The minimum atomic E-state index is -0.411. The minimum absolute atomic E-state index is 0.127. The summed E-state index contributed by atoms with van der Waals surface area (Å²) in [5.41, 5.74) is 8.97. The van der Waals surface area contributed by atoms with E-state index in [1.807, 2.05) is 19.1 Å². The van der Waals surface area contributed by atoms with Gasteiger partial charge >= 0.3 is 0 Å². The molecule has 2 rings (SSSR count). The predicted octanol–water partition coefficient (Wildman–Crippen LogP) is 3.43. The monoisotopic (exact) mass is 264 g/mol. The van der Waals surface area contributed by atoms with Gasteiger partial charge in [-0.1, -0.05) is 23.7 Å². The maximum Gasteiger partial charge on any atom is 0.141 e. The maximum atomic E-state index is 13.1. The number of benzene rings is 1. The molecule has 2 N–H and O–H groups in total. The molecular weight excluding hydrogens is 251 g/mol. The van der Waals surface area contributed by atoms with Crippen LogP contribution in [0.5, 0.6) is 0 Å². The number of aromatic nitrogens is 1. The van der Waals surface area contributed by atoms with E-state index in [1.165, 1.54) is 6.07 Å². The second kappa shape index (κ2) is 5.46. The Hall–Kier alpha value is -1.45. The Morgan fingerprint density at radius 1 is 1.39 bits per heavy atom. The quantitative estimate of drug-likeness (QED) is 0.923. The van der Waals surface area contributed by atoms with E-state index in [-0.39, 0.29) is 11.1 Å². The molecule has 1 aromatic heterocycles. The third-order valence-electron chi connectivity index (χ3n) is 2.89. The summed E-state index contributed by atoms with van der Waals surface area (Å²) in [5, 5.41) is 0.127. The van der Waals surface area contributed by atoms with Gasteiger partial charge in [0.05, 0.1) is 5.02 Å². The van der Waals surface area contributed by atoms with Gasteiger partial charge in [-0.25, -0.2) is 4.39 Å². The van der Waals surface area contributed by atoms with Crippen molar-refractivity contribution < 1.29 is 4.39 Å². The number of nitrogens with two attached hydrogens (primary N) is 1. The highest BCUT2D eigenvalue weighted by Gasteiger charge is 2.11. The van der Waals surface area contributed by atoms with Crippen LogP contribution in [-0.2, 0) is 6.42 Å². The third kappa shape index (κ3) is 2.86. The molecule has 94 valence electrons. The number of nitrogens with zero attached hydrogens (tertiary/aromatic N) is 1. The standard InChI is InChI=1S/C14H14ClFN2/c1-9-11(3-2-6-18-9)14(17)8-10-4-5-13(16)12(15)7-10/h2-7,14H,8,17H2,1H3. The highest BCUT2D eigenvalue weighted by Crippen LogP contribution is 2.21. The van der Waals surface area contributed by atoms with Gasteiger partial charge in [0.1, 0.15) is 5.82 Å². The van der Waals surface area contributed by atoms with Crippen LogP contribution in [-0.4, -0.2) is 4.98 Å². The van der Waals surface area contributed by atoms with Gasteiger partial charge in [-0.05, 0) is 42.7 Å². The fourth-order valence-electron chi connectivity index (χ4n) is 1.92. The molecule has 0 aliphatic heterocycles. The van der Waals surface area contributed by atoms with Gasteiger partial charge in [-0.15, -0.1) is 0 Å². The number of hydrogen-bond donors (Lipinski definition) is 1. The zero-order valence-corrected chi connectivity index (χ0v) is 10.8. The van der Waals surface area contributed by atoms with Gasteiger partial charge in [0.15, 0.2) is 0 Å². The molecule has 0 saturated heterocycles. The summed E-state index contributed by atoms with van der Waals surface area (Å²) < 4.78 is 13.1. The number of rotatable bonds is 3. The Bertz CT molecular complexity index is 557. The molecule has 0 amide bonds. The van der Waals surface area contributed by atoms with Gasteiger partial charge in [0.2, 0.25) is 0 Å². The van der Waals surface area contributed by atoms with Crippen molar-refractivity contribution in [1.29, 1.82) is 0 Å². The summed E-state index contributed by atoms with van der Waals surface area (Å²) in [7, 11) is 0. The van der Waals surface area contributed by atoms with Crippen LogP contribution >= 0.6 is 11.6 Å². The fraction of sp³-hybridized carbons (Fsp3) is 0.214. The molecule has 0 spiro atoms. The Morgan fingerprint density at radius 2 is 2.17 bits per heavy atom. The highest BCUT2D eigenvalue weighted by atomic mass is 35.5. The van der Waals surface area contributed by atoms with E-state index in [2.05, 4.69) is 4.98 Å². The van der Waals surface area contributed by atoms with Gasteiger partial charge in [-0.3, -0.25) is 4.98 Å². The predicted molar refractivity (Wildman–Crippen MR) is 71.0 cm³/mol. The fourth-order valence-corrected chi connectivity index (χ4v) is 2.12. The first-order chi connectivity index (χ1) is 8.58. The topological polar surface area (TPSA) is 38.9 Å². The van der Waals surface area contributed by atoms with Crippen LogP contribution in [0.4, 0.5) is 4.39 Å². The number of halogens is 2. The lowest BCUT2D eigenvalue weighted by atomic mass is 9.99. The molecule has 0 saturated carbocycles. The molecule has 0 bridgehead atoms. The van der Waals surface area contributed by atoms with Crippen molar-refractivity contribution in [2.24, 2.45) is 5.73 Å². The zero-order chi connectivity index (χ0) is 13.1. The van der Waals surface area contributed by atoms with Crippen molar-refractivity contribution in [3.05, 3.63) is 64.2 Å². The number of aryl methyl sites for hydroxylation is 1. The summed E-state index contributed by atoms with van der Waals surface area (Å²) in [6.45, 7) is 1.92. The molecule has 4 heteroatoms. The molecule has 0 fully saturated rings. The molecule has 1 unspecified atom stereocenters. The summed E-state index contributed by atoms with van der Waals surface area (Å²) in [5.74, 6) is -0.411. The summed E-state index contributed by atoms with van der Waals surface area (Å²) in [6.07, 6.45) is 2.34. The van der Waals surface area contributed by atoms with Crippen LogP contribution in [0.3, 0.4) is 0 Å². The molecule has 2 aromatic rings. The molecule has 18 heavy (non-hydrogen) atoms. The first kappa shape index (κ1) is 13.0. The van der Waals surface area contributed by atoms with Crippen molar-refractivity contribution in [2.75, 3.05) is 0 Å². The lowest BCUT2D eigenvalue weighted by Gasteiger charge is -2.14. The molecule has 0 radical (unpaired) electrons. The molecule has 2 nitrogen and oxygen atoms in total. The molecule has 1 aromatic carbocycles. The van der Waals surface area contributed by atoms with E-state index in [0.717, 1.165) is 16.8 Å². The summed E-state index contributed by atoms with van der Waals surface area (Å²) in [4.78, 5) is 4.21. The van der Waals surface area contributed by atoms with Crippen molar-refractivity contribution in [3.8, 4) is 0 Å². The third-order valence-corrected chi connectivity index (χ3v) is 3.18. The Labute approximate surface area is 111 Å². The average molecular weight is 265 g/mol. The van der Waals surface area contributed by atoms with Crippen LogP contribution in [0.15, 0.2) is 36.5 Å². The van der Waals surface area contributed by atoms with Crippen LogP contribution in [0.25, 0.3) is 0 Å². The number of hydrogen-bond acceptors (Lipinski definition) is 2. The van der Waals surface area contributed by atoms with Gasteiger partial charge in [-0.2, -0.15) is 0 Å². The lowest BCUT2D eigenvalue weighted by molar-refractivity contribution is 0.626. The Morgan fingerprint density at radius 3 is 2.83 bits per heavy atom. The van der Waals surface area contributed by atoms with E-state index in [1.54, 1.807) is 18.3 Å². The maximum absolute atomic E-state index is 13.1. The number of pyridine rings is 1. The second-order valence-electron chi connectivity index (χ2n) is 4.24. The van der Waals surface area contributed by atoms with Crippen molar-refractivity contribution in [1.82, 2.24) is 4.98 Å². The van der Waals surface area contributed by atoms with Gasteiger partial charge in [0, 0.05) is 17.9 Å². The zero-order valence-electron chi connectivity index (χ0n) is 10.0. The van der Waals surface area contributed by atoms with Crippen molar-refractivity contribution in [3.63, 3.8) is 0 Å². The van der Waals surface area contributed by atoms with Gasteiger partial charge < -0.3 is 5.73 Å². The van der Waals surface area contributed by atoms with E-state index >= 15 is 0 Å². The van der Waals surface area contributed by atoms with E-state index in [4.69, 9.17) is 17.3 Å². The van der Waals surface area contributed by atoms with Crippen LogP contribution in [0, 0.1) is 12.7 Å². The van der Waals surface area contributed by atoms with E-state index < -0.39 is 5.82 Å².